The summed E-state index contributed by atoms with van der Waals surface area (Å²) in [6.07, 6.45) is 3.37. The van der Waals surface area contributed by atoms with Gasteiger partial charge in [-0.15, -0.1) is 0 Å². The van der Waals surface area contributed by atoms with Crippen LogP contribution >= 0.6 is 0 Å². The zero-order valence-electron chi connectivity index (χ0n) is 21.5. The Kier molecular flexibility index (Phi) is 10.9. The summed E-state index contributed by atoms with van der Waals surface area (Å²) in [5.74, 6) is -0.334. The van der Waals surface area contributed by atoms with Gasteiger partial charge < -0.3 is 20.1 Å². The number of ether oxygens (including phenoxy) is 1. The van der Waals surface area contributed by atoms with Gasteiger partial charge in [-0.1, -0.05) is 60.7 Å². The minimum atomic E-state index is -0.889. The number of carbonyl (C=O) groups is 1. The lowest BCUT2D eigenvalue weighted by atomic mass is 9.88. The van der Waals surface area contributed by atoms with Crippen molar-refractivity contribution in [2.45, 2.75) is 62.8 Å². The lowest BCUT2D eigenvalue weighted by Gasteiger charge is -2.38. The first-order chi connectivity index (χ1) is 17.3. The van der Waals surface area contributed by atoms with Crippen molar-refractivity contribution in [2.75, 3.05) is 39.9 Å². The fraction of sp³-hybridized carbons (Fsp3) is 0.552. The zero-order chi connectivity index (χ0) is 25.9. The highest BCUT2D eigenvalue weighted by Crippen LogP contribution is 2.27. The smallest absolute Gasteiger partial charge is 0.308 e. The van der Waals surface area contributed by atoms with E-state index in [-0.39, 0.29) is 19.0 Å². The Morgan fingerprint density at radius 1 is 0.778 bits per heavy atom. The molecule has 0 amide bonds. The first-order valence-corrected chi connectivity index (χ1v) is 13.0. The van der Waals surface area contributed by atoms with Gasteiger partial charge in [0.2, 0.25) is 0 Å². The summed E-state index contributed by atoms with van der Waals surface area (Å²) < 4.78 is 4.63. The average Bonchev–Trinajstić information content (AvgIpc) is 2.89. The van der Waals surface area contributed by atoms with Crippen molar-refractivity contribution in [3.05, 3.63) is 71.8 Å². The molecule has 7 nitrogen and oxygen atoms in total. The molecule has 0 aliphatic carbocycles. The van der Waals surface area contributed by atoms with E-state index in [1.807, 2.05) is 24.3 Å². The molecular weight excluding hydrogens is 456 g/mol. The molecule has 2 aromatic carbocycles. The van der Waals surface area contributed by atoms with E-state index >= 15 is 0 Å². The molecule has 7 heteroatoms. The van der Waals surface area contributed by atoms with Gasteiger partial charge >= 0.3 is 5.97 Å². The van der Waals surface area contributed by atoms with Crippen LogP contribution in [0.4, 0.5) is 0 Å². The van der Waals surface area contributed by atoms with Crippen LogP contribution in [0.3, 0.4) is 0 Å². The van der Waals surface area contributed by atoms with E-state index in [1.165, 1.54) is 18.2 Å². The van der Waals surface area contributed by atoms with E-state index in [0.717, 1.165) is 52.1 Å². The van der Waals surface area contributed by atoms with Gasteiger partial charge in [-0.25, -0.2) is 0 Å². The summed E-state index contributed by atoms with van der Waals surface area (Å²) in [5.41, 5.74) is 1.07. The maximum Gasteiger partial charge on any atom is 0.308 e. The average molecular weight is 499 g/mol. The number of carbonyl (C=O) groups excluding carboxylic acids is 1. The summed E-state index contributed by atoms with van der Waals surface area (Å²) in [5, 5.41) is 29.4. The fourth-order valence-electron chi connectivity index (χ4n) is 4.91. The monoisotopic (exact) mass is 498 g/mol. The van der Waals surface area contributed by atoms with Gasteiger partial charge in [-0.2, -0.15) is 0 Å². The molecule has 198 valence electrons. The van der Waals surface area contributed by atoms with Crippen LogP contribution in [-0.2, 0) is 22.6 Å². The molecule has 3 N–H and O–H groups in total. The Labute approximate surface area is 215 Å². The van der Waals surface area contributed by atoms with E-state index in [4.69, 9.17) is 5.11 Å². The van der Waals surface area contributed by atoms with Gasteiger partial charge in [-0.3, -0.25) is 14.6 Å². The summed E-state index contributed by atoms with van der Waals surface area (Å²) >= 11 is 0. The summed E-state index contributed by atoms with van der Waals surface area (Å²) in [6.45, 7) is 5.36. The Balaban J connectivity index is 0.000000202. The van der Waals surface area contributed by atoms with Gasteiger partial charge in [0.15, 0.2) is 0 Å². The Morgan fingerprint density at radius 2 is 1.19 bits per heavy atom. The standard InChI is InChI=1S/C15H21NO3.C14H21NO2/c1-19-14(17)11-15(18)7-9-16(10-8-15)12-13-5-3-2-4-6-13;16-11-8-14(17)6-9-15(10-7-14)12-13-4-2-1-3-5-13/h2-6,18H,7-12H2,1H3;1-5,16-17H,6-12H2. The Morgan fingerprint density at radius 3 is 1.58 bits per heavy atom. The number of benzene rings is 2. The molecule has 2 aliphatic heterocycles. The molecule has 0 saturated carbocycles. The number of rotatable bonds is 8. The number of hydrogen-bond donors (Lipinski definition) is 3. The van der Waals surface area contributed by atoms with Crippen LogP contribution in [-0.4, -0.2) is 82.2 Å². The summed E-state index contributed by atoms with van der Waals surface area (Å²) in [4.78, 5) is 15.9. The van der Waals surface area contributed by atoms with Gasteiger partial charge in [0.05, 0.1) is 24.7 Å². The number of aliphatic hydroxyl groups excluding tert-OH is 1. The number of piperidine rings is 2. The molecular formula is C29H42N2O5. The largest absolute Gasteiger partial charge is 0.469 e. The first kappa shape index (κ1) is 28.3. The van der Waals surface area contributed by atoms with Crippen molar-refractivity contribution in [3.8, 4) is 0 Å². The quantitative estimate of drug-likeness (QED) is 0.482. The molecule has 2 fully saturated rings. The van der Waals surface area contributed by atoms with Crippen molar-refractivity contribution in [1.82, 2.24) is 9.80 Å². The minimum Gasteiger partial charge on any atom is -0.469 e. The van der Waals surface area contributed by atoms with Crippen LogP contribution in [0.5, 0.6) is 0 Å². The lowest BCUT2D eigenvalue weighted by molar-refractivity contribution is -0.148. The maximum absolute atomic E-state index is 11.3. The third-order valence-electron chi connectivity index (χ3n) is 7.35. The van der Waals surface area contributed by atoms with E-state index < -0.39 is 11.2 Å². The predicted octanol–water partition coefficient (Wildman–Crippen LogP) is 2.97. The van der Waals surface area contributed by atoms with E-state index in [1.54, 1.807) is 0 Å². The molecule has 2 saturated heterocycles. The van der Waals surface area contributed by atoms with Crippen LogP contribution in [0.15, 0.2) is 60.7 Å². The van der Waals surface area contributed by atoms with Gasteiger partial charge in [-0.05, 0) is 43.2 Å². The molecule has 0 aromatic heterocycles. The molecule has 0 spiro atoms. The molecule has 36 heavy (non-hydrogen) atoms. The number of methoxy groups -OCH3 is 1. The molecule has 0 unspecified atom stereocenters. The highest BCUT2D eigenvalue weighted by atomic mass is 16.5. The number of esters is 1. The van der Waals surface area contributed by atoms with Crippen molar-refractivity contribution < 1.29 is 24.9 Å². The van der Waals surface area contributed by atoms with Crippen LogP contribution in [0, 0.1) is 0 Å². The van der Waals surface area contributed by atoms with E-state index in [2.05, 4.69) is 50.9 Å². The topological polar surface area (TPSA) is 93.5 Å². The number of aliphatic hydroxyl groups is 3. The Hall–Kier alpha value is -2.29. The second kappa shape index (κ2) is 13.9. The molecule has 2 heterocycles. The molecule has 0 bridgehead atoms. The maximum atomic E-state index is 11.3. The lowest BCUT2D eigenvalue weighted by Crippen LogP contribution is -2.45. The fourth-order valence-corrected chi connectivity index (χ4v) is 4.91. The van der Waals surface area contributed by atoms with Crippen LogP contribution in [0.2, 0.25) is 0 Å². The molecule has 0 radical (unpaired) electrons. The third kappa shape index (κ3) is 9.30. The highest BCUT2D eigenvalue weighted by molar-refractivity contribution is 5.70. The van der Waals surface area contributed by atoms with Crippen molar-refractivity contribution in [3.63, 3.8) is 0 Å². The second-order valence-electron chi connectivity index (χ2n) is 10.2. The first-order valence-electron chi connectivity index (χ1n) is 13.0. The number of likely N-dealkylation sites (tertiary alicyclic amines) is 2. The van der Waals surface area contributed by atoms with Crippen molar-refractivity contribution in [1.29, 1.82) is 0 Å². The minimum absolute atomic E-state index is 0.0786. The predicted molar refractivity (Wildman–Crippen MR) is 140 cm³/mol. The normalized spacial score (nSPS) is 19.7. The van der Waals surface area contributed by atoms with Gasteiger partial charge in [0.25, 0.3) is 0 Å². The van der Waals surface area contributed by atoms with Crippen LogP contribution in [0.1, 0.15) is 49.7 Å². The highest BCUT2D eigenvalue weighted by Gasteiger charge is 2.35. The van der Waals surface area contributed by atoms with Gasteiger partial charge in [0, 0.05) is 45.9 Å². The number of hydrogen-bond acceptors (Lipinski definition) is 7. The number of nitrogens with zero attached hydrogens (tertiary/aromatic N) is 2. The Bertz CT molecular complexity index is 892. The second-order valence-corrected chi connectivity index (χ2v) is 10.2. The van der Waals surface area contributed by atoms with Crippen molar-refractivity contribution >= 4 is 5.97 Å². The van der Waals surface area contributed by atoms with Crippen molar-refractivity contribution in [2.24, 2.45) is 0 Å². The van der Waals surface area contributed by atoms with Crippen LogP contribution < -0.4 is 0 Å². The molecule has 2 aromatic rings. The zero-order valence-corrected chi connectivity index (χ0v) is 21.5. The summed E-state index contributed by atoms with van der Waals surface area (Å²) in [7, 11) is 1.36. The third-order valence-corrected chi connectivity index (χ3v) is 7.35. The molecule has 2 aliphatic rings. The van der Waals surface area contributed by atoms with E-state index in [9.17, 15) is 15.0 Å². The summed E-state index contributed by atoms with van der Waals surface area (Å²) in [6, 6.07) is 20.7. The van der Waals surface area contributed by atoms with Crippen LogP contribution in [0.25, 0.3) is 0 Å². The van der Waals surface area contributed by atoms with E-state index in [0.29, 0.717) is 19.3 Å². The SMILES string of the molecule is COC(=O)CC1(O)CCN(Cc2ccccc2)CC1.OCCC1(O)CCN(Cc2ccccc2)CC1. The molecule has 0 atom stereocenters. The molecule has 4 rings (SSSR count). The van der Waals surface area contributed by atoms with Gasteiger partial charge in [0.1, 0.15) is 0 Å².